The topological polar surface area (TPSA) is 62.1 Å². The fourth-order valence-electron chi connectivity index (χ4n) is 2.33. The molecule has 0 saturated carbocycles. The summed E-state index contributed by atoms with van der Waals surface area (Å²) >= 11 is 11.7. The van der Waals surface area contributed by atoms with Crippen molar-refractivity contribution >= 4 is 34.8 Å². The van der Waals surface area contributed by atoms with Crippen molar-refractivity contribution in [1.29, 1.82) is 0 Å². The van der Waals surface area contributed by atoms with E-state index in [2.05, 4.69) is 5.10 Å². The zero-order chi connectivity index (χ0) is 19.9. The first-order chi connectivity index (χ1) is 11.9. The van der Waals surface area contributed by atoms with Crippen molar-refractivity contribution in [2.75, 3.05) is 0 Å². The van der Waals surface area contributed by atoms with Crippen LogP contribution < -0.4 is 4.74 Å². The SMILES string of the molecule is CC(C)C1=NN(C(=O)[C@@H](C)Oc2ccc(Cl)cc2Cl)[C@@](O)(C(F)(F)F)C1. The maximum Gasteiger partial charge on any atom is 0.438 e. The molecule has 1 heterocycles. The molecule has 0 saturated heterocycles. The Hall–Kier alpha value is -1.51. The molecule has 0 radical (unpaired) electrons. The Labute approximate surface area is 158 Å². The van der Waals surface area contributed by atoms with Crippen LogP contribution in [-0.4, -0.2) is 39.7 Å². The number of hydrazone groups is 1. The van der Waals surface area contributed by atoms with E-state index in [0.29, 0.717) is 5.02 Å². The van der Waals surface area contributed by atoms with E-state index in [-0.39, 0.29) is 27.4 Å². The normalized spacial score (nSPS) is 21.8. The zero-order valence-corrected chi connectivity index (χ0v) is 15.7. The van der Waals surface area contributed by atoms with E-state index in [0.717, 1.165) is 0 Å². The van der Waals surface area contributed by atoms with Gasteiger partial charge in [0.05, 0.1) is 5.02 Å². The number of hydrogen-bond acceptors (Lipinski definition) is 4. The van der Waals surface area contributed by atoms with E-state index < -0.39 is 30.3 Å². The summed E-state index contributed by atoms with van der Waals surface area (Å²) in [6.45, 7) is 4.49. The van der Waals surface area contributed by atoms with Crippen molar-refractivity contribution in [3.05, 3.63) is 28.2 Å². The van der Waals surface area contributed by atoms with Crippen molar-refractivity contribution in [1.82, 2.24) is 5.01 Å². The molecule has 1 aliphatic heterocycles. The minimum Gasteiger partial charge on any atom is -0.479 e. The fourth-order valence-corrected chi connectivity index (χ4v) is 2.78. The summed E-state index contributed by atoms with van der Waals surface area (Å²) in [5, 5.41) is 14.3. The molecule has 1 N–H and O–H groups in total. The average Bonchev–Trinajstić information content (AvgIpc) is 2.88. The summed E-state index contributed by atoms with van der Waals surface area (Å²) in [6, 6.07) is 4.21. The van der Waals surface area contributed by atoms with Crippen LogP contribution in [0.15, 0.2) is 23.3 Å². The third-order valence-corrected chi connectivity index (χ3v) is 4.41. The van der Waals surface area contributed by atoms with Crippen LogP contribution in [-0.2, 0) is 4.79 Å². The number of amides is 1. The maximum absolute atomic E-state index is 13.4. The van der Waals surface area contributed by atoms with Gasteiger partial charge in [0.2, 0.25) is 0 Å². The van der Waals surface area contributed by atoms with Gasteiger partial charge in [-0.2, -0.15) is 23.3 Å². The van der Waals surface area contributed by atoms with Crippen LogP contribution in [0.1, 0.15) is 27.2 Å². The molecule has 0 aliphatic carbocycles. The third-order valence-electron chi connectivity index (χ3n) is 3.88. The Morgan fingerprint density at radius 3 is 2.46 bits per heavy atom. The summed E-state index contributed by atoms with van der Waals surface area (Å²) < 4.78 is 45.5. The number of ether oxygens (including phenoxy) is 1. The van der Waals surface area contributed by atoms with E-state index in [4.69, 9.17) is 27.9 Å². The Bertz CT molecular complexity index is 740. The van der Waals surface area contributed by atoms with Crippen LogP contribution in [0, 0.1) is 5.92 Å². The van der Waals surface area contributed by atoms with Gasteiger partial charge in [-0.25, -0.2) is 0 Å². The van der Waals surface area contributed by atoms with Gasteiger partial charge in [-0.15, -0.1) is 0 Å². The van der Waals surface area contributed by atoms with E-state index in [1.165, 1.54) is 25.1 Å². The lowest BCUT2D eigenvalue weighted by Crippen LogP contribution is -2.58. The second kappa shape index (κ2) is 7.25. The van der Waals surface area contributed by atoms with Crippen LogP contribution in [0.4, 0.5) is 13.2 Å². The molecule has 0 bridgehead atoms. The molecule has 1 aromatic rings. The number of carbonyl (C=O) groups excluding carboxylic acids is 1. The molecule has 0 spiro atoms. The number of rotatable bonds is 4. The van der Waals surface area contributed by atoms with Gasteiger partial charge in [0.15, 0.2) is 6.10 Å². The summed E-state index contributed by atoms with van der Waals surface area (Å²) in [5.74, 6) is -1.45. The Morgan fingerprint density at radius 2 is 1.96 bits per heavy atom. The average molecular weight is 413 g/mol. The van der Waals surface area contributed by atoms with Gasteiger partial charge in [0, 0.05) is 17.2 Å². The number of benzene rings is 1. The molecule has 1 aliphatic rings. The minimum absolute atomic E-state index is 0.0524. The number of hydrogen-bond donors (Lipinski definition) is 1. The molecule has 1 aromatic carbocycles. The summed E-state index contributed by atoms with van der Waals surface area (Å²) in [7, 11) is 0. The monoisotopic (exact) mass is 412 g/mol. The fraction of sp³-hybridized carbons (Fsp3) is 0.500. The molecule has 10 heteroatoms. The number of aliphatic hydroxyl groups is 1. The molecular formula is C16H17Cl2F3N2O3. The van der Waals surface area contributed by atoms with Gasteiger partial charge in [-0.3, -0.25) is 4.79 Å². The van der Waals surface area contributed by atoms with Crippen molar-refractivity contribution in [3.8, 4) is 5.75 Å². The molecule has 144 valence electrons. The molecule has 2 rings (SSSR count). The van der Waals surface area contributed by atoms with Crippen LogP contribution in [0.2, 0.25) is 10.0 Å². The summed E-state index contributed by atoms with van der Waals surface area (Å²) in [6.07, 6.45) is -7.27. The highest BCUT2D eigenvalue weighted by Crippen LogP contribution is 2.42. The molecule has 5 nitrogen and oxygen atoms in total. The highest BCUT2D eigenvalue weighted by molar-refractivity contribution is 6.35. The molecule has 0 unspecified atom stereocenters. The largest absolute Gasteiger partial charge is 0.479 e. The lowest BCUT2D eigenvalue weighted by molar-refractivity contribution is -0.303. The van der Waals surface area contributed by atoms with Gasteiger partial charge in [0.1, 0.15) is 5.75 Å². The molecule has 1 amide bonds. The second-order valence-corrected chi connectivity index (χ2v) is 7.07. The Morgan fingerprint density at radius 1 is 1.35 bits per heavy atom. The first-order valence-electron chi connectivity index (χ1n) is 7.69. The predicted molar refractivity (Wildman–Crippen MR) is 91.3 cm³/mol. The molecule has 2 atom stereocenters. The van der Waals surface area contributed by atoms with Crippen molar-refractivity contribution in [2.45, 2.75) is 45.2 Å². The standard InChI is InChI=1S/C16H17Cl2F3N2O3/c1-8(2)12-7-15(25,16(19,20)21)23(22-12)14(24)9(3)26-13-5-4-10(17)6-11(13)18/h4-6,8-9,25H,7H2,1-3H3/t9-,15+/m1/s1. The number of alkyl halides is 3. The van der Waals surface area contributed by atoms with Crippen molar-refractivity contribution in [3.63, 3.8) is 0 Å². The smallest absolute Gasteiger partial charge is 0.438 e. The molecule has 0 aromatic heterocycles. The highest BCUT2D eigenvalue weighted by Gasteiger charge is 2.63. The van der Waals surface area contributed by atoms with Gasteiger partial charge in [-0.1, -0.05) is 37.0 Å². The molecule has 26 heavy (non-hydrogen) atoms. The Balaban J connectivity index is 2.29. The Kier molecular flexibility index (Phi) is 5.80. The molecular weight excluding hydrogens is 396 g/mol. The number of nitrogens with zero attached hydrogens (tertiary/aromatic N) is 2. The van der Waals surface area contributed by atoms with E-state index >= 15 is 0 Å². The van der Waals surface area contributed by atoms with E-state index in [1.807, 2.05) is 0 Å². The zero-order valence-electron chi connectivity index (χ0n) is 14.1. The number of carbonyl (C=O) groups is 1. The van der Waals surface area contributed by atoms with E-state index in [9.17, 15) is 23.1 Å². The maximum atomic E-state index is 13.4. The van der Waals surface area contributed by atoms with Crippen LogP contribution >= 0.6 is 23.2 Å². The number of halogens is 5. The minimum atomic E-state index is -5.08. The van der Waals surface area contributed by atoms with Crippen molar-refractivity contribution < 1.29 is 27.8 Å². The first kappa shape index (κ1) is 20.8. The first-order valence-corrected chi connectivity index (χ1v) is 8.44. The second-order valence-electron chi connectivity index (χ2n) is 6.22. The quantitative estimate of drug-likeness (QED) is 0.803. The van der Waals surface area contributed by atoms with Crippen LogP contribution in [0.25, 0.3) is 0 Å². The lowest BCUT2D eigenvalue weighted by Gasteiger charge is -2.33. The van der Waals surface area contributed by atoms with E-state index in [1.54, 1.807) is 13.8 Å². The van der Waals surface area contributed by atoms with Crippen molar-refractivity contribution in [2.24, 2.45) is 11.0 Å². The lowest BCUT2D eigenvalue weighted by atomic mass is 9.99. The van der Waals surface area contributed by atoms with Crippen LogP contribution in [0.5, 0.6) is 5.75 Å². The highest BCUT2D eigenvalue weighted by atomic mass is 35.5. The van der Waals surface area contributed by atoms with Crippen LogP contribution in [0.3, 0.4) is 0 Å². The summed E-state index contributed by atoms with van der Waals surface area (Å²) in [4.78, 5) is 12.5. The molecule has 0 fully saturated rings. The summed E-state index contributed by atoms with van der Waals surface area (Å²) in [5.41, 5.74) is -3.35. The van der Waals surface area contributed by atoms with Gasteiger partial charge < -0.3 is 9.84 Å². The van der Waals surface area contributed by atoms with Gasteiger partial charge in [0.25, 0.3) is 11.6 Å². The van der Waals surface area contributed by atoms with Gasteiger partial charge >= 0.3 is 6.18 Å². The third kappa shape index (κ3) is 3.92. The predicted octanol–water partition coefficient (Wildman–Crippen LogP) is 4.26. The van der Waals surface area contributed by atoms with Gasteiger partial charge in [-0.05, 0) is 31.0 Å².